The lowest BCUT2D eigenvalue weighted by atomic mass is 9.94. The molecule has 1 N–H and O–H groups in total. The Kier molecular flexibility index (Phi) is 5.29. The highest BCUT2D eigenvalue weighted by molar-refractivity contribution is 9.10. The fraction of sp³-hybridized carbons (Fsp3) is 0.538. The molecule has 0 aliphatic rings. The predicted octanol–water partition coefficient (Wildman–Crippen LogP) is 3.34. The molecule has 3 heteroatoms. The first-order valence-electron chi connectivity index (χ1n) is 5.61. The van der Waals surface area contributed by atoms with Gasteiger partial charge in [0, 0.05) is 4.47 Å². The van der Waals surface area contributed by atoms with Gasteiger partial charge in [0.25, 0.3) is 0 Å². The summed E-state index contributed by atoms with van der Waals surface area (Å²) in [5.74, 6) is 1.46. The Balaban J connectivity index is 3.15. The van der Waals surface area contributed by atoms with Crippen LogP contribution in [0, 0.1) is 0 Å². The Morgan fingerprint density at radius 1 is 1.38 bits per heavy atom. The van der Waals surface area contributed by atoms with Gasteiger partial charge in [0.15, 0.2) is 0 Å². The molecule has 2 nitrogen and oxygen atoms in total. The average Bonchev–Trinajstić information content (AvgIpc) is 2.24. The minimum absolute atomic E-state index is 0.481. The van der Waals surface area contributed by atoms with Crippen molar-refractivity contribution in [3.8, 4) is 5.75 Å². The number of ether oxygens (including phenoxy) is 1. The van der Waals surface area contributed by atoms with Crippen LogP contribution in [0.25, 0.3) is 0 Å². The van der Waals surface area contributed by atoms with E-state index in [1.54, 1.807) is 7.11 Å². The topological polar surface area (TPSA) is 21.3 Å². The van der Waals surface area contributed by atoms with Gasteiger partial charge < -0.3 is 10.1 Å². The van der Waals surface area contributed by atoms with Crippen LogP contribution in [0.15, 0.2) is 16.6 Å². The third kappa shape index (κ3) is 3.22. The first-order chi connectivity index (χ1) is 7.60. The van der Waals surface area contributed by atoms with Gasteiger partial charge in [-0.3, -0.25) is 0 Å². The summed E-state index contributed by atoms with van der Waals surface area (Å²) in [6, 6.07) is 4.23. The van der Waals surface area contributed by atoms with Crippen molar-refractivity contribution >= 4 is 15.9 Å². The van der Waals surface area contributed by atoms with Crippen molar-refractivity contribution in [1.29, 1.82) is 0 Å². The van der Waals surface area contributed by atoms with Gasteiger partial charge in [0.05, 0.1) is 7.11 Å². The molecule has 0 atom stereocenters. The van der Waals surface area contributed by atoms with Gasteiger partial charge in [0.1, 0.15) is 5.75 Å². The van der Waals surface area contributed by atoms with E-state index in [2.05, 4.69) is 41.2 Å². The summed E-state index contributed by atoms with van der Waals surface area (Å²) < 4.78 is 6.54. The van der Waals surface area contributed by atoms with E-state index in [9.17, 15) is 0 Å². The maximum Gasteiger partial charge on any atom is 0.123 e. The highest BCUT2D eigenvalue weighted by Gasteiger charge is 2.13. The first kappa shape index (κ1) is 13.5. The Hall–Kier alpha value is -0.540. The maximum absolute atomic E-state index is 5.46. The summed E-state index contributed by atoms with van der Waals surface area (Å²) in [5, 5.41) is 3.18. The average molecular weight is 286 g/mol. The largest absolute Gasteiger partial charge is 0.496 e. The van der Waals surface area contributed by atoms with Crippen molar-refractivity contribution in [1.82, 2.24) is 5.32 Å². The van der Waals surface area contributed by atoms with E-state index in [0.29, 0.717) is 5.92 Å². The third-order valence-corrected chi connectivity index (χ3v) is 3.09. The molecule has 0 saturated carbocycles. The molecule has 0 bridgehead atoms. The lowest BCUT2D eigenvalue weighted by Gasteiger charge is -2.17. The van der Waals surface area contributed by atoms with E-state index in [1.165, 1.54) is 11.1 Å². The van der Waals surface area contributed by atoms with Crippen LogP contribution in [-0.4, -0.2) is 20.7 Å². The molecule has 1 aromatic carbocycles. The zero-order valence-corrected chi connectivity index (χ0v) is 12.0. The zero-order chi connectivity index (χ0) is 12.1. The van der Waals surface area contributed by atoms with Gasteiger partial charge in [-0.25, -0.2) is 0 Å². The van der Waals surface area contributed by atoms with Crippen molar-refractivity contribution < 1.29 is 4.74 Å². The number of hydrogen-bond donors (Lipinski definition) is 1. The Bertz CT molecular complexity index is 350. The highest BCUT2D eigenvalue weighted by Crippen LogP contribution is 2.33. The van der Waals surface area contributed by atoms with Crippen LogP contribution in [0.2, 0.25) is 0 Å². The van der Waals surface area contributed by atoms with Crippen LogP contribution in [0.1, 0.15) is 30.9 Å². The zero-order valence-electron chi connectivity index (χ0n) is 10.4. The molecule has 1 rings (SSSR count). The summed E-state index contributed by atoms with van der Waals surface area (Å²) in [6.07, 6.45) is 1.03. The number of rotatable bonds is 5. The van der Waals surface area contributed by atoms with Gasteiger partial charge in [-0.05, 0) is 49.2 Å². The van der Waals surface area contributed by atoms with Gasteiger partial charge in [0.2, 0.25) is 0 Å². The van der Waals surface area contributed by atoms with Crippen LogP contribution in [0.5, 0.6) is 5.75 Å². The fourth-order valence-corrected chi connectivity index (χ4v) is 2.42. The SMILES string of the molecule is CNCCc1cc(Br)cc(OC)c1C(C)C. The lowest BCUT2D eigenvalue weighted by molar-refractivity contribution is 0.406. The Morgan fingerprint density at radius 3 is 2.56 bits per heavy atom. The van der Waals surface area contributed by atoms with Crippen molar-refractivity contribution in [2.75, 3.05) is 20.7 Å². The number of methoxy groups -OCH3 is 1. The van der Waals surface area contributed by atoms with Crippen molar-refractivity contribution in [2.24, 2.45) is 0 Å². The number of likely N-dealkylation sites (N-methyl/N-ethyl adjacent to an activating group) is 1. The molecule has 90 valence electrons. The molecule has 0 aliphatic heterocycles. The molecular weight excluding hydrogens is 266 g/mol. The fourth-order valence-electron chi connectivity index (χ4n) is 1.94. The quantitative estimate of drug-likeness (QED) is 0.896. The monoisotopic (exact) mass is 285 g/mol. The molecule has 0 aliphatic carbocycles. The van der Waals surface area contributed by atoms with Crippen LogP contribution in [0.4, 0.5) is 0 Å². The van der Waals surface area contributed by atoms with Crippen LogP contribution < -0.4 is 10.1 Å². The van der Waals surface area contributed by atoms with Crippen molar-refractivity contribution in [3.05, 3.63) is 27.7 Å². The van der Waals surface area contributed by atoms with Crippen LogP contribution >= 0.6 is 15.9 Å². The molecule has 0 radical (unpaired) electrons. The molecule has 1 aromatic rings. The summed E-state index contributed by atoms with van der Waals surface area (Å²) in [4.78, 5) is 0. The maximum atomic E-state index is 5.46. The normalized spacial score (nSPS) is 10.9. The number of halogens is 1. The molecule has 0 heterocycles. The molecule has 0 amide bonds. The van der Waals surface area contributed by atoms with E-state index in [0.717, 1.165) is 23.2 Å². The van der Waals surface area contributed by atoms with Gasteiger partial charge in [-0.2, -0.15) is 0 Å². The standard InChI is InChI=1S/C13H20BrNO/c1-9(2)13-10(5-6-15-3)7-11(14)8-12(13)16-4/h7-9,15H,5-6H2,1-4H3. The highest BCUT2D eigenvalue weighted by atomic mass is 79.9. The second-order valence-corrected chi connectivity index (χ2v) is 5.10. The van der Waals surface area contributed by atoms with E-state index in [1.807, 2.05) is 13.1 Å². The van der Waals surface area contributed by atoms with Crippen LogP contribution in [0.3, 0.4) is 0 Å². The van der Waals surface area contributed by atoms with Gasteiger partial charge >= 0.3 is 0 Å². The summed E-state index contributed by atoms with van der Waals surface area (Å²) in [6.45, 7) is 5.39. The molecule has 0 aromatic heterocycles. The molecule has 16 heavy (non-hydrogen) atoms. The number of nitrogens with one attached hydrogen (secondary N) is 1. The van der Waals surface area contributed by atoms with E-state index in [4.69, 9.17) is 4.74 Å². The van der Waals surface area contributed by atoms with Crippen molar-refractivity contribution in [3.63, 3.8) is 0 Å². The summed E-state index contributed by atoms with van der Waals surface area (Å²) in [7, 11) is 3.71. The molecule has 0 saturated heterocycles. The molecule has 0 unspecified atom stereocenters. The lowest BCUT2D eigenvalue weighted by Crippen LogP contribution is -2.12. The minimum atomic E-state index is 0.481. The molecular formula is C13H20BrNO. The smallest absolute Gasteiger partial charge is 0.123 e. The van der Waals surface area contributed by atoms with E-state index >= 15 is 0 Å². The number of benzene rings is 1. The van der Waals surface area contributed by atoms with E-state index in [-0.39, 0.29) is 0 Å². The second kappa shape index (κ2) is 6.26. The summed E-state index contributed by atoms with van der Waals surface area (Å²) >= 11 is 3.53. The Labute approximate surface area is 107 Å². The predicted molar refractivity (Wildman–Crippen MR) is 72.4 cm³/mol. The van der Waals surface area contributed by atoms with Gasteiger partial charge in [-0.15, -0.1) is 0 Å². The molecule has 0 fully saturated rings. The number of hydrogen-bond acceptors (Lipinski definition) is 2. The Morgan fingerprint density at radius 2 is 2.06 bits per heavy atom. The second-order valence-electron chi connectivity index (χ2n) is 4.19. The first-order valence-corrected chi connectivity index (χ1v) is 6.40. The molecule has 0 spiro atoms. The minimum Gasteiger partial charge on any atom is -0.496 e. The summed E-state index contributed by atoms with van der Waals surface area (Å²) in [5.41, 5.74) is 2.68. The third-order valence-electron chi connectivity index (χ3n) is 2.63. The van der Waals surface area contributed by atoms with Crippen LogP contribution in [-0.2, 0) is 6.42 Å². The van der Waals surface area contributed by atoms with E-state index < -0.39 is 0 Å². The van der Waals surface area contributed by atoms with Gasteiger partial charge in [-0.1, -0.05) is 29.8 Å². The van der Waals surface area contributed by atoms with Crippen molar-refractivity contribution in [2.45, 2.75) is 26.2 Å².